The van der Waals surface area contributed by atoms with Crippen LogP contribution in [0.3, 0.4) is 0 Å². The maximum Gasteiger partial charge on any atom is 0.0541 e. The van der Waals surface area contributed by atoms with Gasteiger partial charge in [-0.3, -0.25) is 0 Å². The van der Waals surface area contributed by atoms with E-state index in [0.29, 0.717) is 5.92 Å². The van der Waals surface area contributed by atoms with E-state index in [2.05, 4.69) is 152 Å². The van der Waals surface area contributed by atoms with E-state index >= 15 is 0 Å². The van der Waals surface area contributed by atoms with Crippen molar-refractivity contribution in [3.63, 3.8) is 0 Å². The molecule has 0 bridgehead atoms. The molecule has 0 amide bonds. The van der Waals surface area contributed by atoms with E-state index in [1.54, 1.807) is 0 Å². The second-order valence-corrected chi connectivity index (χ2v) is 12.2. The summed E-state index contributed by atoms with van der Waals surface area (Å²) in [5, 5.41) is 2.60. The number of aryl methyl sites for hydroxylation is 3. The summed E-state index contributed by atoms with van der Waals surface area (Å²) in [6, 6.07) is 49.5. The molecule has 1 unspecified atom stereocenters. The largest absolute Gasteiger partial charge is 0.309 e. The molecule has 1 heterocycles. The molecule has 0 spiro atoms. The van der Waals surface area contributed by atoms with E-state index in [4.69, 9.17) is 0 Å². The van der Waals surface area contributed by atoms with Crippen LogP contribution in [0, 0.1) is 13.8 Å². The first-order valence-corrected chi connectivity index (χ1v) is 15.5. The first kappa shape index (κ1) is 25.8. The van der Waals surface area contributed by atoms with Crippen molar-refractivity contribution >= 4 is 21.8 Å². The second kappa shape index (κ2) is 10.4. The molecule has 0 saturated heterocycles. The topological polar surface area (TPSA) is 4.93 Å². The van der Waals surface area contributed by atoms with Gasteiger partial charge in [-0.1, -0.05) is 109 Å². The Kier molecular flexibility index (Phi) is 6.26. The molecule has 0 saturated carbocycles. The van der Waals surface area contributed by atoms with Gasteiger partial charge < -0.3 is 4.57 Å². The maximum absolute atomic E-state index is 2.42. The monoisotopic (exact) mass is 553 g/mol. The quantitative estimate of drug-likeness (QED) is 0.200. The zero-order valence-electron chi connectivity index (χ0n) is 24.8. The number of fused-ring (bicyclic) bond motifs is 6. The zero-order chi connectivity index (χ0) is 28.9. The highest BCUT2D eigenvalue weighted by Gasteiger charge is 2.24. The molecule has 0 fully saturated rings. The van der Waals surface area contributed by atoms with Crippen LogP contribution in [0.4, 0.5) is 0 Å². The molecule has 0 aliphatic heterocycles. The minimum atomic E-state index is 0.557. The van der Waals surface area contributed by atoms with Gasteiger partial charge in [0.05, 0.1) is 11.0 Å². The van der Waals surface area contributed by atoms with Crippen LogP contribution in [0.15, 0.2) is 133 Å². The van der Waals surface area contributed by atoms with Gasteiger partial charge in [-0.15, -0.1) is 0 Å². The van der Waals surface area contributed by atoms with Crippen molar-refractivity contribution in [2.45, 2.75) is 39.0 Å². The van der Waals surface area contributed by atoms with Gasteiger partial charge in [0.1, 0.15) is 0 Å². The summed E-state index contributed by atoms with van der Waals surface area (Å²) in [4.78, 5) is 0. The van der Waals surface area contributed by atoms with Crippen LogP contribution in [-0.2, 0) is 12.8 Å². The van der Waals surface area contributed by atoms with E-state index in [1.165, 1.54) is 77.6 Å². The lowest BCUT2D eigenvalue weighted by molar-refractivity contribution is 0.616. The Bertz CT molecular complexity index is 2090. The lowest BCUT2D eigenvalue weighted by Crippen LogP contribution is -2.12. The normalized spacial score (nSPS) is 14.1. The molecule has 1 heteroatoms. The average Bonchev–Trinajstić information content (AvgIpc) is 3.38. The summed E-state index contributed by atoms with van der Waals surface area (Å²) in [5.41, 5.74) is 16.2. The predicted octanol–water partition coefficient (Wildman–Crippen LogP) is 11.0. The third-order valence-corrected chi connectivity index (χ3v) is 9.59. The molecule has 1 nitrogen and oxygen atoms in total. The second-order valence-electron chi connectivity index (χ2n) is 12.2. The smallest absolute Gasteiger partial charge is 0.0541 e. The fourth-order valence-corrected chi connectivity index (χ4v) is 7.51. The molecule has 1 aliphatic rings. The van der Waals surface area contributed by atoms with E-state index in [0.717, 1.165) is 19.3 Å². The van der Waals surface area contributed by atoms with Crippen LogP contribution in [0.2, 0.25) is 0 Å². The Hall–Kier alpha value is -4.88. The van der Waals surface area contributed by atoms with Crippen LogP contribution in [0.25, 0.3) is 49.7 Å². The number of rotatable bonds is 5. The molecular weight excluding hydrogens is 518 g/mol. The summed E-state index contributed by atoms with van der Waals surface area (Å²) in [6.45, 7) is 4.52. The Balaban J connectivity index is 1.07. The molecular formula is C42H35N. The third kappa shape index (κ3) is 4.39. The standard InChI is InChI=1S/C42H35N/c1-28-25-30(19-21-32-27-31-11-3-4-12-36(31)38-14-6-5-13-37(32)38)20-23-34(28)35-24-22-33(26-29(35)2)43-41-17-9-7-15-39(41)40-16-8-10-18-42(40)43/h3-18,20,22-26,32H,19,21,27H2,1-2H3. The Morgan fingerprint density at radius 2 is 1.16 bits per heavy atom. The SMILES string of the molecule is Cc1cc(CCC2Cc3ccccc3-c3ccccc32)ccc1-c1ccc(-n2c3ccccc3c3ccccc32)cc1C. The molecule has 1 aliphatic carbocycles. The fraction of sp³-hybridized carbons (Fsp3) is 0.143. The van der Waals surface area contributed by atoms with Crippen LogP contribution >= 0.6 is 0 Å². The molecule has 0 N–H and O–H groups in total. The van der Waals surface area contributed by atoms with E-state index in [1.807, 2.05) is 0 Å². The molecule has 43 heavy (non-hydrogen) atoms. The molecule has 0 radical (unpaired) electrons. The number of benzene rings is 6. The van der Waals surface area contributed by atoms with Crippen molar-refractivity contribution in [2.75, 3.05) is 0 Å². The van der Waals surface area contributed by atoms with Gasteiger partial charge in [-0.25, -0.2) is 0 Å². The van der Waals surface area contributed by atoms with E-state index < -0.39 is 0 Å². The van der Waals surface area contributed by atoms with Crippen LogP contribution in [0.5, 0.6) is 0 Å². The van der Waals surface area contributed by atoms with Crippen LogP contribution in [0.1, 0.15) is 40.2 Å². The number of hydrogen-bond donors (Lipinski definition) is 0. The summed E-state index contributed by atoms with van der Waals surface area (Å²) < 4.78 is 2.40. The van der Waals surface area contributed by atoms with Gasteiger partial charge in [0.2, 0.25) is 0 Å². The van der Waals surface area contributed by atoms with Gasteiger partial charge in [-0.05, 0) is 113 Å². The highest BCUT2D eigenvalue weighted by Crippen LogP contribution is 2.41. The van der Waals surface area contributed by atoms with Gasteiger partial charge in [0.15, 0.2) is 0 Å². The lowest BCUT2D eigenvalue weighted by atomic mass is 9.76. The number of para-hydroxylation sites is 2. The van der Waals surface area contributed by atoms with Crippen molar-refractivity contribution in [3.05, 3.63) is 161 Å². The highest BCUT2D eigenvalue weighted by atomic mass is 15.0. The number of hydrogen-bond acceptors (Lipinski definition) is 0. The van der Waals surface area contributed by atoms with Crippen molar-refractivity contribution < 1.29 is 0 Å². The summed E-state index contributed by atoms with van der Waals surface area (Å²) >= 11 is 0. The molecule has 7 aromatic rings. The summed E-state index contributed by atoms with van der Waals surface area (Å²) in [7, 11) is 0. The van der Waals surface area contributed by atoms with Gasteiger partial charge in [0, 0.05) is 16.5 Å². The Morgan fingerprint density at radius 3 is 1.88 bits per heavy atom. The summed E-state index contributed by atoms with van der Waals surface area (Å²) in [6.07, 6.45) is 3.38. The molecule has 1 aromatic heterocycles. The molecule has 8 rings (SSSR count). The predicted molar refractivity (Wildman–Crippen MR) is 182 cm³/mol. The van der Waals surface area contributed by atoms with Crippen molar-refractivity contribution in [1.29, 1.82) is 0 Å². The average molecular weight is 554 g/mol. The molecule has 1 atom stereocenters. The van der Waals surface area contributed by atoms with Gasteiger partial charge in [-0.2, -0.15) is 0 Å². The third-order valence-electron chi connectivity index (χ3n) is 9.59. The Labute approximate surface area is 254 Å². The van der Waals surface area contributed by atoms with Crippen LogP contribution < -0.4 is 0 Å². The highest BCUT2D eigenvalue weighted by molar-refractivity contribution is 6.09. The zero-order valence-corrected chi connectivity index (χ0v) is 24.8. The molecule has 208 valence electrons. The number of aromatic nitrogens is 1. The van der Waals surface area contributed by atoms with Crippen molar-refractivity contribution in [3.8, 4) is 27.9 Å². The van der Waals surface area contributed by atoms with E-state index in [9.17, 15) is 0 Å². The first-order valence-electron chi connectivity index (χ1n) is 15.5. The lowest BCUT2D eigenvalue weighted by Gasteiger charge is -2.28. The minimum Gasteiger partial charge on any atom is -0.309 e. The van der Waals surface area contributed by atoms with Gasteiger partial charge in [0.25, 0.3) is 0 Å². The fourth-order valence-electron chi connectivity index (χ4n) is 7.51. The minimum absolute atomic E-state index is 0.557. The maximum atomic E-state index is 2.42. The van der Waals surface area contributed by atoms with Crippen molar-refractivity contribution in [1.82, 2.24) is 4.57 Å². The first-order chi connectivity index (χ1) is 21.2. The van der Waals surface area contributed by atoms with E-state index in [-0.39, 0.29) is 0 Å². The van der Waals surface area contributed by atoms with Crippen molar-refractivity contribution in [2.24, 2.45) is 0 Å². The summed E-state index contributed by atoms with van der Waals surface area (Å²) in [5.74, 6) is 0.557. The Morgan fingerprint density at radius 1 is 0.558 bits per heavy atom. The van der Waals surface area contributed by atoms with Crippen LogP contribution in [-0.4, -0.2) is 4.57 Å². The molecule has 6 aromatic carbocycles. The van der Waals surface area contributed by atoms with Gasteiger partial charge >= 0.3 is 0 Å². The number of nitrogens with zero attached hydrogens (tertiary/aromatic N) is 1.